The number of carbonyl (C=O) groups excluding carboxylic acids is 1. The molecule has 0 aromatic heterocycles. The lowest BCUT2D eigenvalue weighted by Crippen LogP contribution is -2.55. The third-order valence-corrected chi connectivity index (χ3v) is 9.43. The molecule has 0 radical (unpaired) electrons. The first-order chi connectivity index (χ1) is 12.1. The summed E-state index contributed by atoms with van der Waals surface area (Å²) in [6, 6.07) is 5.19. The minimum atomic E-state index is -3.81. The summed E-state index contributed by atoms with van der Waals surface area (Å²) in [6.45, 7) is 3.36. The van der Waals surface area contributed by atoms with Crippen LogP contribution in [-0.4, -0.2) is 81.5 Å². The molecule has 0 aliphatic carbocycles. The molecule has 2 fully saturated rings. The smallest absolute Gasteiger partial charge is 0.219 e. The molecular formula is C16H21ClN2O5S2. The zero-order valence-corrected chi connectivity index (χ0v) is 16.7. The normalized spacial score (nSPS) is 26.8. The largest absolute Gasteiger partial charge is 0.340 e. The second kappa shape index (κ2) is 7.10. The van der Waals surface area contributed by atoms with Gasteiger partial charge in [0.25, 0.3) is 0 Å². The van der Waals surface area contributed by atoms with Crippen molar-refractivity contribution >= 4 is 37.2 Å². The van der Waals surface area contributed by atoms with E-state index < -0.39 is 31.0 Å². The summed E-state index contributed by atoms with van der Waals surface area (Å²) in [5.41, 5.74) is 0. The minimum absolute atomic E-state index is 0.0333. The molecule has 7 nitrogen and oxygen atoms in total. The second-order valence-electron chi connectivity index (χ2n) is 6.72. The molecule has 2 heterocycles. The fourth-order valence-electron chi connectivity index (χ4n) is 3.60. The number of amides is 1. The van der Waals surface area contributed by atoms with Crippen LogP contribution in [0.5, 0.6) is 0 Å². The summed E-state index contributed by atoms with van der Waals surface area (Å²) in [5, 5.41) is -0.600. The summed E-state index contributed by atoms with van der Waals surface area (Å²) in [5.74, 6) is -0.589. The number of piperazine rings is 1. The Labute approximate surface area is 158 Å². The van der Waals surface area contributed by atoms with Crippen LogP contribution in [0, 0.1) is 0 Å². The lowest BCUT2D eigenvalue weighted by atomic mass is 10.2. The first-order valence-electron chi connectivity index (χ1n) is 8.29. The van der Waals surface area contributed by atoms with Crippen LogP contribution in [0.15, 0.2) is 29.2 Å². The highest BCUT2D eigenvalue weighted by Crippen LogP contribution is 2.30. The number of sulfone groups is 2. The van der Waals surface area contributed by atoms with Gasteiger partial charge < -0.3 is 4.90 Å². The molecule has 0 spiro atoms. The average molecular weight is 421 g/mol. The molecule has 0 bridgehead atoms. The molecular weight excluding hydrogens is 400 g/mol. The van der Waals surface area contributed by atoms with Gasteiger partial charge in [0.1, 0.15) is 0 Å². The molecule has 26 heavy (non-hydrogen) atoms. The molecule has 1 aromatic carbocycles. The molecule has 1 amide bonds. The third-order valence-electron chi connectivity index (χ3n) is 5.04. The van der Waals surface area contributed by atoms with Crippen LogP contribution in [-0.2, 0) is 24.5 Å². The van der Waals surface area contributed by atoms with Crippen LogP contribution in [0.1, 0.15) is 6.92 Å². The standard InChI is InChI=1S/C16H21ClN2O5S2/c1-12(20)18-6-8-19(9-7-18)15-10-25(21,22)11-16(15)26(23,24)14-4-2-13(17)3-5-14/h2-5,15-16H,6-11H2,1H3. The van der Waals surface area contributed by atoms with Crippen molar-refractivity contribution in [3.63, 3.8) is 0 Å². The van der Waals surface area contributed by atoms with Crippen LogP contribution in [0.25, 0.3) is 0 Å². The number of hydrogen-bond acceptors (Lipinski definition) is 6. The van der Waals surface area contributed by atoms with Crippen molar-refractivity contribution in [3.05, 3.63) is 29.3 Å². The number of hydrogen-bond donors (Lipinski definition) is 0. The Balaban J connectivity index is 1.87. The lowest BCUT2D eigenvalue weighted by Gasteiger charge is -2.39. The summed E-state index contributed by atoms with van der Waals surface area (Å²) >= 11 is 5.83. The number of carbonyl (C=O) groups is 1. The van der Waals surface area contributed by atoms with E-state index in [2.05, 4.69) is 0 Å². The van der Waals surface area contributed by atoms with Crippen molar-refractivity contribution in [3.8, 4) is 0 Å². The van der Waals surface area contributed by atoms with Crippen molar-refractivity contribution in [2.24, 2.45) is 0 Å². The molecule has 2 aliphatic heterocycles. The Hall–Kier alpha value is -1.16. The summed E-state index contributed by atoms with van der Waals surface area (Å²) in [6.07, 6.45) is 0. The van der Waals surface area contributed by atoms with E-state index in [0.29, 0.717) is 31.2 Å². The van der Waals surface area contributed by atoms with E-state index in [1.807, 2.05) is 4.90 Å². The second-order valence-corrected chi connectivity index (χ2v) is 11.5. The Morgan fingerprint density at radius 2 is 1.65 bits per heavy atom. The number of nitrogens with zero attached hydrogens (tertiary/aromatic N) is 2. The predicted octanol–water partition coefficient (Wildman–Crippen LogP) is 0.443. The van der Waals surface area contributed by atoms with E-state index in [9.17, 15) is 21.6 Å². The van der Waals surface area contributed by atoms with Crippen molar-refractivity contribution in [1.82, 2.24) is 9.80 Å². The van der Waals surface area contributed by atoms with Gasteiger partial charge >= 0.3 is 0 Å². The summed E-state index contributed by atoms with van der Waals surface area (Å²) < 4.78 is 50.6. The van der Waals surface area contributed by atoms with Gasteiger partial charge in [-0.25, -0.2) is 16.8 Å². The molecule has 2 saturated heterocycles. The van der Waals surface area contributed by atoms with E-state index in [0.717, 1.165) is 0 Å². The average Bonchev–Trinajstić information content (AvgIpc) is 2.92. The van der Waals surface area contributed by atoms with Crippen molar-refractivity contribution in [2.75, 3.05) is 37.7 Å². The maximum atomic E-state index is 13.1. The van der Waals surface area contributed by atoms with E-state index in [-0.39, 0.29) is 22.3 Å². The highest BCUT2D eigenvalue weighted by atomic mass is 35.5. The monoisotopic (exact) mass is 420 g/mol. The Morgan fingerprint density at radius 1 is 1.08 bits per heavy atom. The van der Waals surface area contributed by atoms with Crippen molar-refractivity contribution in [2.45, 2.75) is 23.1 Å². The van der Waals surface area contributed by atoms with E-state index in [1.54, 1.807) is 4.90 Å². The van der Waals surface area contributed by atoms with Gasteiger partial charge in [-0.2, -0.15) is 0 Å². The van der Waals surface area contributed by atoms with Gasteiger partial charge in [0.05, 0.1) is 21.7 Å². The molecule has 2 atom stereocenters. The first kappa shape index (κ1) is 19.6. The molecule has 3 rings (SSSR count). The van der Waals surface area contributed by atoms with Crippen LogP contribution >= 0.6 is 11.6 Å². The third kappa shape index (κ3) is 3.90. The summed E-state index contributed by atoms with van der Waals surface area (Å²) in [4.78, 5) is 15.1. The molecule has 1 aromatic rings. The van der Waals surface area contributed by atoms with Crippen molar-refractivity contribution < 1.29 is 21.6 Å². The lowest BCUT2D eigenvalue weighted by molar-refractivity contribution is -0.130. The van der Waals surface area contributed by atoms with Crippen LogP contribution in [0.2, 0.25) is 5.02 Å². The Morgan fingerprint density at radius 3 is 2.19 bits per heavy atom. The fraction of sp³-hybridized carbons (Fsp3) is 0.562. The van der Waals surface area contributed by atoms with Crippen LogP contribution in [0.4, 0.5) is 0 Å². The molecule has 0 N–H and O–H groups in total. The molecule has 144 valence electrons. The topological polar surface area (TPSA) is 91.8 Å². The first-order valence-corrected chi connectivity index (χ1v) is 12.0. The molecule has 10 heteroatoms. The van der Waals surface area contributed by atoms with Gasteiger partial charge in [0.15, 0.2) is 19.7 Å². The Bertz CT molecular complexity index is 891. The quantitative estimate of drug-likeness (QED) is 0.704. The fourth-order valence-corrected chi connectivity index (χ4v) is 8.56. The van der Waals surface area contributed by atoms with E-state index in [1.165, 1.54) is 31.2 Å². The van der Waals surface area contributed by atoms with Gasteiger partial charge in [0, 0.05) is 44.2 Å². The number of rotatable bonds is 3. The van der Waals surface area contributed by atoms with Gasteiger partial charge in [0.2, 0.25) is 5.91 Å². The molecule has 0 saturated carbocycles. The maximum absolute atomic E-state index is 13.1. The van der Waals surface area contributed by atoms with Gasteiger partial charge in [-0.1, -0.05) is 11.6 Å². The van der Waals surface area contributed by atoms with Gasteiger partial charge in [-0.3, -0.25) is 9.69 Å². The number of halogens is 1. The van der Waals surface area contributed by atoms with Gasteiger partial charge in [-0.05, 0) is 24.3 Å². The van der Waals surface area contributed by atoms with E-state index >= 15 is 0 Å². The number of benzene rings is 1. The van der Waals surface area contributed by atoms with Crippen LogP contribution in [0.3, 0.4) is 0 Å². The van der Waals surface area contributed by atoms with Gasteiger partial charge in [-0.15, -0.1) is 0 Å². The summed E-state index contributed by atoms with van der Waals surface area (Å²) in [7, 11) is -7.27. The zero-order chi connectivity index (χ0) is 19.1. The molecule has 2 aliphatic rings. The van der Waals surface area contributed by atoms with E-state index in [4.69, 9.17) is 11.6 Å². The Kier molecular flexibility index (Phi) is 5.35. The highest BCUT2D eigenvalue weighted by molar-refractivity contribution is 7.96. The highest BCUT2D eigenvalue weighted by Gasteiger charge is 2.48. The predicted molar refractivity (Wildman–Crippen MR) is 98.7 cm³/mol. The van der Waals surface area contributed by atoms with Crippen molar-refractivity contribution in [1.29, 1.82) is 0 Å². The zero-order valence-electron chi connectivity index (χ0n) is 14.3. The molecule has 2 unspecified atom stereocenters. The van der Waals surface area contributed by atoms with Crippen LogP contribution < -0.4 is 0 Å². The SMILES string of the molecule is CC(=O)N1CCN(C2CS(=O)(=O)CC2S(=O)(=O)c2ccc(Cl)cc2)CC1. The minimum Gasteiger partial charge on any atom is -0.340 e. The maximum Gasteiger partial charge on any atom is 0.219 e.